The molecular formula is C18H35N5O. The number of hydrogen-bond acceptors (Lipinski definition) is 4. The maximum absolute atomic E-state index is 5.64. The molecule has 3 fully saturated rings. The zero-order valence-corrected chi connectivity index (χ0v) is 15.8. The summed E-state index contributed by atoms with van der Waals surface area (Å²) in [7, 11) is 4.12. The standard InChI is InChI=1S/C18H35N5O/c1-16(13-22-9-7-21(3)8-10-22)12-20-17(19-2)23-6-4-18(14-23)5-11-24-15-18/h16H,4-15H2,1-3H3,(H,19,20). The molecule has 0 aromatic rings. The molecule has 3 rings (SSSR count). The molecule has 0 bridgehead atoms. The van der Waals surface area contributed by atoms with E-state index in [2.05, 4.69) is 39.0 Å². The van der Waals surface area contributed by atoms with E-state index in [9.17, 15) is 0 Å². The van der Waals surface area contributed by atoms with Gasteiger partial charge in [-0.1, -0.05) is 6.92 Å². The first-order chi connectivity index (χ1) is 11.6. The van der Waals surface area contributed by atoms with E-state index in [1.54, 1.807) is 0 Å². The van der Waals surface area contributed by atoms with Gasteiger partial charge in [-0.3, -0.25) is 4.99 Å². The summed E-state index contributed by atoms with van der Waals surface area (Å²) in [4.78, 5) is 12.0. The smallest absolute Gasteiger partial charge is 0.193 e. The Kier molecular flexibility index (Phi) is 6.00. The number of hydrogen-bond donors (Lipinski definition) is 1. The molecule has 0 radical (unpaired) electrons. The van der Waals surface area contributed by atoms with Crippen LogP contribution in [0.25, 0.3) is 0 Å². The van der Waals surface area contributed by atoms with Crippen LogP contribution in [0.1, 0.15) is 19.8 Å². The third-order valence-corrected chi connectivity index (χ3v) is 5.91. The topological polar surface area (TPSA) is 43.3 Å². The number of guanidine groups is 1. The number of likely N-dealkylation sites (N-methyl/N-ethyl adjacent to an activating group) is 1. The highest BCUT2D eigenvalue weighted by atomic mass is 16.5. The third-order valence-electron chi connectivity index (χ3n) is 5.91. The Morgan fingerprint density at radius 3 is 2.67 bits per heavy atom. The van der Waals surface area contributed by atoms with Gasteiger partial charge >= 0.3 is 0 Å². The van der Waals surface area contributed by atoms with Crippen LogP contribution in [0.15, 0.2) is 4.99 Å². The predicted molar refractivity (Wildman–Crippen MR) is 98.5 cm³/mol. The van der Waals surface area contributed by atoms with Crippen molar-refractivity contribution in [2.24, 2.45) is 16.3 Å². The van der Waals surface area contributed by atoms with Crippen molar-refractivity contribution in [3.05, 3.63) is 0 Å². The van der Waals surface area contributed by atoms with Gasteiger partial charge in [-0.2, -0.15) is 0 Å². The van der Waals surface area contributed by atoms with Gasteiger partial charge in [0, 0.05) is 71.4 Å². The van der Waals surface area contributed by atoms with Crippen molar-refractivity contribution in [3.8, 4) is 0 Å². The van der Waals surface area contributed by atoms with Crippen LogP contribution in [0, 0.1) is 11.3 Å². The minimum Gasteiger partial charge on any atom is -0.381 e. The number of piperazine rings is 1. The Morgan fingerprint density at radius 2 is 2.00 bits per heavy atom. The van der Waals surface area contributed by atoms with Crippen molar-refractivity contribution in [2.45, 2.75) is 19.8 Å². The number of likely N-dealkylation sites (tertiary alicyclic amines) is 1. The quantitative estimate of drug-likeness (QED) is 0.600. The number of nitrogens with zero attached hydrogens (tertiary/aromatic N) is 4. The molecule has 0 aromatic heterocycles. The predicted octanol–water partition coefficient (Wildman–Crippen LogP) is 0.558. The average Bonchev–Trinajstić information content (AvgIpc) is 3.21. The summed E-state index contributed by atoms with van der Waals surface area (Å²) in [6.07, 6.45) is 2.45. The van der Waals surface area contributed by atoms with E-state index < -0.39 is 0 Å². The molecule has 2 atom stereocenters. The van der Waals surface area contributed by atoms with Gasteiger partial charge in [0.2, 0.25) is 0 Å². The van der Waals surface area contributed by atoms with Crippen LogP contribution in [0.5, 0.6) is 0 Å². The second-order valence-electron chi connectivity index (χ2n) is 8.11. The van der Waals surface area contributed by atoms with Crippen LogP contribution in [0.3, 0.4) is 0 Å². The fraction of sp³-hybridized carbons (Fsp3) is 0.944. The zero-order chi connectivity index (χ0) is 17.0. The largest absolute Gasteiger partial charge is 0.381 e. The fourth-order valence-electron chi connectivity index (χ4n) is 4.22. The van der Waals surface area contributed by atoms with E-state index in [1.165, 1.54) is 45.6 Å². The van der Waals surface area contributed by atoms with E-state index in [4.69, 9.17) is 4.74 Å². The summed E-state index contributed by atoms with van der Waals surface area (Å²) in [5.74, 6) is 1.71. The van der Waals surface area contributed by atoms with E-state index >= 15 is 0 Å². The number of aliphatic imine (C=N–C) groups is 1. The van der Waals surface area contributed by atoms with Gasteiger partial charge < -0.3 is 24.8 Å². The molecule has 3 saturated heterocycles. The van der Waals surface area contributed by atoms with Crippen molar-refractivity contribution in [1.82, 2.24) is 20.0 Å². The monoisotopic (exact) mass is 337 g/mol. The summed E-state index contributed by atoms with van der Waals surface area (Å²) in [5, 5.41) is 3.61. The SMILES string of the molecule is CN=C(NCC(C)CN1CCN(C)CC1)N1CCC2(CCOC2)C1. The number of rotatable bonds is 4. The molecule has 3 heterocycles. The Bertz CT molecular complexity index is 427. The lowest BCUT2D eigenvalue weighted by Gasteiger charge is -2.34. The lowest BCUT2D eigenvalue weighted by Crippen LogP contribution is -2.48. The summed E-state index contributed by atoms with van der Waals surface area (Å²) in [5.41, 5.74) is 0.392. The summed E-state index contributed by atoms with van der Waals surface area (Å²) < 4.78 is 5.64. The van der Waals surface area contributed by atoms with Gasteiger partial charge in [0.25, 0.3) is 0 Å². The van der Waals surface area contributed by atoms with Gasteiger partial charge in [-0.15, -0.1) is 0 Å². The highest BCUT2D eigenvalue weighted by molar-refractivity contribution is 5.80. The highest BCUT2D eigenvalue weighted by Gasteiger charge is 2.42. The molecule has 3 aliphatic rings. The maximum atomic E-state index is 5.64. The van der Waals surface area contributed by atoms with E-state index in [0.29, 0.717) is 11.3 Å². The Hall–Kier alpha value is -0.850. The first-order valence-corrected chi connectivity index (χ1v) is 9.54. The van der Waals surface area contributed by atoms with Crippen LogP contribution in [-0.2, 0) is 4.74 Å². The lowest BCUT2D eigenvalue weighted by molar-refractivity contribution is 0.139. The molecule has 2 unspecified atom stereocenters. The molecule has 0 aliphatic carbocycles. The zero-order valence-electron chi connectivity index (χ0n) is 15.8. The minimum atomic E-state index is 0.392. The molecular weight excluding hydrogens is 302 g/mol. The molecule has 6 heteroatoms. The molecule has 0 saturated carbocycles. The van der Waals surface area contributed by atoms with Crippen molar-refractivity contribution in [1.29, 1.82) is 0 Å². The molecule has 6 nitrogen and oxygen atoms in total. The molecule has 0 aromatic carbocycles. The molecule has 1 spiro atoms. The Labute approximate surface area is 147 Å². The summed E-state index contributed by atoms with van der Waals surface area (Å²) in [6.45, 7) is 13.4. The second kappa shape index (κ2) is 8.02. The van der Waals surface area contributed by atoms with Gasteiger partial charge in [0.1, 0.15) is 0 Å². The molecule has 0 amide bonds. The van der Waals surface area contributed by atoms with Crippen LogP contribution in [-0.4, -0.2) is 100 Å². The van der Waals surface area contributed by atoms with Gasteiger partial charge in [-0.05, 0) is 25.8 Å². The highest BCUT2D eigenvalue weighted by Crippen LogP contribution is 2.38. The van der Waals surface area contributed by atoms with E-state index in [-0.39, 0.29) is 0 Å². The summed E-state index contributed by atoms with van der Waals surface area (Å²) in [6, 6.07) is 0. The maximum Gasteiger partial charge on any atom is 0.193 e. The van der Waals surface area contributed by atoms with Crippen LogP contribution in [0.4, 0.5) is 0 Å². The number of nitrogens with one attached hydrogen (secondary N) is 1. The summed E-state index contributed by atoms with van der Waals surface area (Å²) >= 11 is 0. The molecule has 138 valence electrons. The van der Waals surface area contributed by atoms with E-state index in [1.807, 2.05) is 7.05 Å². The number of ether oxygens (including phenoxy) is 1. The van der Waals surface area contributed by atoms with Crippen LogP contribution < -0.4 is 5.32 Å². The van der Waals surface area contributed by atoms with Crippen molar-refractivity contribution < 1.29 is 4.74 Å². The first-order valence-electron chi connectivity index (χ1n) is 9.54. The van der Waals surface area contributed by atoms with Crippen molar-refractivity contribution in [2.75, 3.05) is 79.7 Å². The molecule has 3 aliphatic heterocycles. The first kappa shape index (κ1) is 18.0. The average molecular weight is 338 g/mol. The fourth-order valence-corrected chi connectivity index (χ4v) is 4.22. The lowest BCUT2D eigenvalue weighted by atomic mass is 9.87. The minimum absolute atomic E-state index is 0.392. The normalized spacial score (nSPS) is 31.1. The molecule has 1 N–H and O–H groups in total. The van der Waals surface area contributed by atoms with Crippen molar-refractivity contribution >= 4 is 5.96 Å². The van der Waals surface area contributed by atoms with Gasteiger partial charge in [-0.25, -0.2) is 0 Å². The van der Waals surface area contributed by atoms with Gasteiger partial charge in [0.05, 0.1) is 6.61 Å². The van der Waals surface area contributed by atoms with Crippen molar-refractivity contribution in [3.63, 3.8) is 0 Å². The third kappa shape index (κ3) is 4.41. The van der Waals surface area contributed by atoms with E-state index in [0.717, 1.165) is 38.8 Å². The molecule has 24 heavy (non-hydrogen) atoms. The van der Waals surface area contributed by atoms with Crippen LogP contribution in [0.2, 0.25) is 0 Å². The van der Waals surface area contributed by atoms with Crippen LogP contribution >= 0.6 is 0 Å². The Morgan fingerprint density at radius 1 is 1.21 bits per heavy atom. The Balaban J connectivity index is 1.41. The second-order valence-corrected chi connectivity index (χ2v) is 8.11. The van der Waals surface area contributed by atoms with Gasteiger partial charge in [0.15, 0.2) is 5.96 Å².